The molecule has 1 heterocycles. The molecule has 0 amide bonds. The molecule has 1 aromatic heterocycles. The van der Waals surface area contributed by atoms with Gasteiger partial charge in [0.2, 0.25) is 0 Å². The third-order valence-corrected chi connectivity index (χ3v) is 3.05. The van der Waals surface area contributed by atoms with Crippen molar-refractivity contribution in [1.82, 2.24) is 4.98 Å². The van der Waals surface area contributed by atoms with E-state index in [9.17, 15) is 9.59 Å². The second kappa shape index (κ2) is 6.37. The van der Waals surface area contributed by atoms with Crippen molar-refractivity contribution in [2.75, 3.05) is 0 Å². The number of carbonyl (C=O) groups is 2. The fraction of sp³-hybridized carbons (Fsp3) is 0.133. The van der Waals surface area contributed by atoms with Crippen LogP contribution in [-0.4, -0.2) is 21.8 Å². The number of pyridine rings is 1. The summed E-state index contributed by atoms with van der Waals surface area (Å²) in [6.45, 7) is 1.76. The first kappa shape index (κ1) is 15.0. The second-order valence-electron chi connectivity index (χ2n) is 4.21. The summed E-state index contributed by atoms with van der Waals surface area (Å²) in [5.41, 5.74) is 0.450. The molecule has 1 N–H and O–H groups in total. The van der Waals surface area contributed by atoms with E-state index in [1.807, 2.05) is 0 Å². The number of hydrogen-bond donors (Lipinski definition) is 1. The predicted octanol–water partition coefficient (Wildman–Crippen LogP) is 3.82. The molecule has 0 aliphatic carbocycles. The summed E-state index contributed by atoms with van der Waals surface area (Å²) >= 11 is 5.96. The van der Waals surface area contributed by atoms with Gasteiger partial charge >= 0.3 is 5.97 Å². The lowest BCUT2D eigenvalue weighted by Crippen LogP contribution is -2.00. The van der Waals surface area contributed by atoms with Gasteiger partial charge in [-0.05, 0) is 30.3 Å². The summed E-state index contributed by atoms with van der Waals surface area (Å²) in [5, 5.41) is 9.04. The van der Waals surface area contributed by atoms with Gasteiger partial charge < -0.3 is 9.84 Å². The molecule has 0 aliphatic heterocycles. The van der Waals surface area contributed by atoms with Crippen molar-refractivity contribution in [3.05, 3.63) is 52.8 Å². The Morgan fingerprint density at radius 3 is 2.57 bits per heavy atom. The number of Topliss-reactive ketones (excluding diaryl/α,β-unsaturated/α-hetero) is 1. The van der Waals surface area contributed by atoms with Gasteiger partial charge in [0.25, 0.3) is 0 Å². The van der Waals surface area contributed by atoms with Gasteiger partial charge in [0.15, 0.2) is 5.78 Å². The van der Waals surface area contributed by atoms with Gasteiger partial charge in [0.1, 0.15) is 17.2 Å². The lowest BCUT2D eigenvalue weighted by molar-refractivity contribution is 0.0696. The molecular weight excluding hydrogens is 294 g/mol. The number of ether oxygens (including phenoxy) is 1. The van der Waals surface area contributed by atoms with Gasteiger partial charge in [-0.2, -0.15) is 0 Å². The largest absolute Gasteiger partial charge is 0.478 e. The molecule has 0 spiro atoms. The van der Waals surface area contributed by atoms with Crippen molar-refractivity contribution in [3.63, 3.8) is 0 Å². The monoisotopic (exact) mass is 305 g/mol. The van der Waals surface area contributed by atoms with Gasteiger partial charge in [-0.25, -0.2) is 9.78 Å². The van der Waals surface area contributed by atoms with Gasteiger partial charge in [0.05, 0.1) is 16.8 Å². The first-order chi connectivity index (χ1) is 10.0. The second-order valence-corrected chi connectivity index (χ2v) is 4.62. The fourth-order valence-corrected chi connectivity index (χ4v) is 1.85. The Hall–Kier alpha value is -2.40. The molecule has 0 aliphatic rings. The van der Waals surface area contributed by atoms with Crippen LogP contribution in [0.2, 0.25) is 5.02 Å². The number of nitrogens with zero attached hydrogens (tertiary/aromatic N) is 1. The van der Waals surface area contributed by atoms with E-state index in [2.05, 4.69) is 4.98 Å². The maximum atomic E-state index is 11.5. The zero-order valence-electron chi connectivity index (χ0n) is 11.2. The van der Waals surface area contributed by atoms with E-state index in [1.165, 1.54) is 24.4 Å². The Labute approximate surface area is 126 Å². The molecule has 0 unspecified atom stereocenters. The molecule has 108 valence electrons. The SMILES string of the molecule is CCC(=O)c1ccc(Oc2ccc(C(=O)O)cc2Cl)cn1. The summed E-state index contributed by atoms with van der Waals surface area (Å²) in [4.78, 5) is 26.3. The number of aromatic nitrogens is 1. The average Bonchev–Trinajstić information content (AvgIpc) is 2.49. The quantitative estimate of drug-likeness (QED) is 0.850. The first-order valence-electron chi connectivity index (χ1n) is 6.21. The number of benzene rings is 1. The van der Waals surface area contributed by atoms with Gasteiger partial charge in [-0.15, -0.1) is 0 Å². The highest BCUT2D eigenvalue weighted by Gasteiger charge is 2.10. The number of rotatable bonds is 5. The number of carboxylic acids is 1. The van der Waals surface area contributed by atoms with Crippen LogP contribution in [0.3, 0.4) is 0 Å². The van der Waals surface area contributed by atoms with Crippen molar-refractivity contribution < 1.29 is 19.4 Å². The van der Waals surface area contributed by atoms with Crippen LogP contribution in [0, 0.1) is 0 Å². The van der Waals surface area contributed by atoms with Gasteiger partial charge in [-0.1, -0.05) is 18.5 Å². The molecule has 1 aromatic carbocycles. The smallest absolute Gasteiger partial charge is 0.335 e. The molecule has 0 bridgehead atoms. The Kier molecular flexibility index (Phi) is 4.55. The highest BCUT2D eigenvalue weighted by Crippen LogP contribution is 2.30. The number of aromatic carboxylic acids is 1. The Morgan fingerprint density at radius 2 is 2.05 bits per heavy atom. The Bertz CT molecular complexity index is 683. The van der Waals surface area contributed by atoms with Crippen LogP contribution in [0.4, 0.5) is 0 Å². The molecule has 2 rings (SSSR count). The average molecular weight is 306 g/mol. The fourth-order valence-electron chi connectivity index (χ4n) is 1.63. The molecule has 21 heavy (non-hydrogen) atoms. The zero-order valence-corrected chi connectivity index (χ0v) is 11.9. The molecule has 2 aromatic rings. The standard InChI is InChI=1S/C15H12ClNO4/c1-2-13(18)12-5-4-10(8-17-12)21-14-6-3-9(15(19)20)7-11(14)16/h3-8H,2H2,1H3,(H,19,20). The number of halogens is 1. The molecule has 0 saturated heterocycles. The Morgan fingerprint density at radius 1 is 1.29 bits per heavy atom. The topological polar surface area (TPSA) is 76.5 Å². The molecule has 0 saturated carbocycles. The summed E-state index contributed by atoms with van der Waals surface area (Å²) < 4.78 is 5.51. The molecule has 6 heteroatoms. The van der Waals surface area contributed by atoms with Crippen LogP contribution < -0.4 is 4.74 Å². The van der Waals surface area contributed by atoms with Gasteiger partial charge in [-0.3, -0.25) is 4.79 Å². The minimum atomic E-state index is -1.06. The third-order valence-electron chi connectivity index (χ3n) is 2.75. The Balaban J connectivity index is 2.18. The number of ketones is 1. The lowest BCUT2D eigenvalue weighted by Gasteiger charge is -2.08. The summed E-state index contributed by atoms with van der Waals surface area (Å²) in [7, 11) is 0. The molecule has 0 fully saturated rings. The van der Waals surface area contributed by atoms with Crippen LogP contribution >= 0.6 is 11.6 Å². The highest BCUT2D eigenvalue weighted by molar-refractivity contribution is 6.32. The lowest BCUT2D eigenvalue weighted by atomic mass is 10.2. The van der Waals surface area contributed by atoms with Gasteiger partial charge in [0, 0.05) is 6.42 Å². The molecule has 0 radical (unpaired) electrons. The molecular formula is C15H12ClNO4. The van der Waals surface area contributed by atoms with Crippen LogP contribution in [0.1, 0.15) is 34.2 Å². The van der Waals surface area contributed by atoms with Crippen molar-refractivity contribution >= 4 is 23.4 Å². The number of carbonyl (C=O) groups excluding carboxylic acids is 1. The van der Waals surface area contributed by atoms with Crippen molar-refractivity contribution in [1.29, 1.82) is 0 Å². The van der Waals surface area contributed by atoms with Crippen molar-refractivity contribution in [3.8, 4) is 11.5 Å². The maximum Gasteiger partial charge on any atom is 0.335 e. The summed E-state index contributed by atoms with van der Waals surface area (Å²) in [5.74, 6) is -0.386. The number of hydrogen-bond acceptors (Lipinski definition) is 4. The highest BCUT2D eigenvalue weighted by atomic mass is 35.5. The first-order valence-corrected chi connectivity index (χ1v) is 6.59. The normalized spacial score (nSPS) is 10.2. The van der Waals surface area contributed by atoms with Crippen molar-refractivity contribution in [2.45, 2.75) is 13.3 Å². The minimum absolute atomic E-state index is 0.0506. The van der Waals surface area contributed by atoms with E-state index in [-0.39, 0.29) is 16.4 Å². The third kappa shape index (κ3) is 3.58. The van der Waals surface area contributed by atoms with E-state index in [0.29, 0.717) is 23.6 Å². The summed E-state index contributed by atoms with van der Waals surface area (Å²) in [6, 6.07) is 7.35. The van der Waals surface area contributed by atoms with Crippen LogP contribution in [0.5, 0.6) is 11.5 Å². The molecule has 0 atom stereocenters. The molecule has 5 nitrogen and oxygen atoms in total. The van der Waals surface area contributed by atoms with Crippen LogP contribution in [-0.2, 0) is 0 Å². The summed E-state index contributed by atoms with van der Waals surface area (Å²) in [6.07, 6.45) is 1.81. The minimum Gasteiger partial charge on any atom is -0.478 e. The van der Waals surface area contributed by atoms with Crippen LogP contribution in [0.15, 0.2) is 36.5 Å². The van der Waals surface area contributed by atoms with Crippen LogP contribution in [0.25, 0.3) is 0 Å². The van der Waals surface area contributed by atoms with E-state index in [4.69, 9.17) is 21.4 Å². The van der Waals surface area contributed by atoms with E-state index >= 15 is 0 Å². The van der Waals surface area contributed by atoms with E-state index < -0.39 is 5.97 Å². The van der Waals surface area contributed by atoms with Crippen molar-refractivity contribution in [2.24, 2.45) is 0 Å². The van der Waals surface area contributed by atoms with E-state index in [1.54, 1.807) is 19.1 Å². The number of carboxylic acid groups (broad SMARTS) is 1. The maximum absolute atomic E-state index is 11.5. The van der Waals surface area contributed by atoms with E-state index in [0.717, 1.165) is 0 Å². The predicted molar refractivity (Wildman–Crippen MR) is 77.3 cm³/mol. The zero-order chi connectivity index (χ0) is 15.4.